The molecule has 1 amide bonds. The summed E-state index contributed by atoms with van der Waals surface area (Å²) in [5.74, 6) is 0.376. The largest absolute Gasteiger partial charge is 0.385 e. The molecule has 0 bridgehead atoms. The number of hydrogen-bond acceptors (Lipinski definition) is 5. The number of piperidine rings is 1. The lowest BCUT2D eigenvalue weighted by molar-refractivity contribution is -0.126. The second kappa shape index (κ2) is 10.8. The van der Waals surface area contributed by atoms with Crippen LogP contribution in [0.4, 0.5) is 0 Å². The predicted octanol–water partition coefficient (Wildman–Crippen LogP) is 2.85. The number of carbonyl (C=O) groups excluding carboxylic acids is 1. The third-order valence-electron chi connectivity index (χ3n) is 4.51. The van der Waals surface area contributed by atoms with Crippen molar-refractivity contribution in [2.45, 2.75) is 52.0 Å². The van der Waals surface area contributed by atoms with E-state index in [0.29, 0.717) is 13.2 Å². The number of methoxy groups -OCH3 is 1. The van der Waals surface area contributed by atoms with Gasteiger partial charge in [0, 0.05) is 38.1 Å². The van der Waals surface area contributed by atoms with E-state index in [1.54, 1.807) is 18.4 Å². The number of hydrogen-bond donors (Lipinski definition) is 1. The summed E-state index contributed by atoms with van der Waals surface area (Å²) >= 11 is 1.78. The Bertz CT molecular complexity index is 484. The van der Waals surface area contributed by atoms with Crippen LogP contribution in [0, 0.1) is 5.92 Å². The standard InChI is InChI=1S/C18H31N3O2S/c1-3-4-6-17-20-16(14-24-17)13-21-10-7-15(8-11-21)18(22)19-9-5-12-23-2/h14-15H,3-13H2,1-2H3,(H,19,22). The molecule has 0 unspecified atom stereocenters. The average molecular weight is 354 g/mol. The number of ether oxygens (including phenoxy) is 1. The van der Waals surface area contributed by atoms with E-state index in [2.05, 4.69) is 22.5 Å². The van der Waals surface area contributed by atoms with E-state index in [9.17, 15) is 4.79 Å². The number of likely N-dealkylation sites (tertiary alicyclic amines) is 1. The predicted molar refractivity (Wildman–Crippen MR) is 98.2 cm³/mol. The van der Waals surface area contributed by atoms with E-state index >= 15 is 0 Å². The van der Waals surface area contributed by atoms with Crippen LogP contribution in [0.5, 0.6) is 0 Å². The Hall–Kier alpha value is -0.980. The third-order valence-corrected chi connectivity index (χ3v) is 5.47. The van der Waals surface area contributed by atoms with Gasteiger partial charge in [0.05, 0.1) is 10.7 Å². The van der Waals surface area contributed by atoms with E-state index in [4.69, 9.17) is 9.72 Å². The maximum Gasteiger partial charge on any atom is 0.223 e. The van der Waals surface area contributed by atoms with Crippen LogP contribution >= 0.6 is 11.3 Å². The third kappa shape index (κ3) is 6.49. The van der Waals surface area contributed by atoms with Gasteiger partial charge in [-0.25, -0.2) is 4.98 Å². The fourth-order valence-electron chi connectivity index (χ4n) is 3.02. The highest BCUT2D eigenvalue weighted by Crippen LogP contribution is 2.20. The lowest BCUT2D eigenvalue weighted by atomic mass is 9.96. The minimum absolute atomic E-state index is 0.166. The maximum atomic E-state index is 12.1. The first-order valence-corrected chi connectivity index (χ1v) is 10.0. The normalized spacial score (nSPS) is 16.4. The molecule has 136 valence electrons. The number of thiazole rings is 1. The number of nitrogens with one attached hydrogen (secondary N) is 1. The number of aromatic nitrogens is 1. The van der Waals surface area contributed by atoms with Gasteiger partial charge in [0.25, 0.3) is 0 Å². The zero-order chi connectivity index (χ0) is 17.2. The van der Waals surface area contributed by atoms with Gasteiger partial charge in [-0.15, -0.1) is 11.3 Å². The van der Waals surface area contributed by atoms with Crippen molar-refractivity contribution < 1.29 is 9.53 Å². The highest BCUT2D eigenvalue weighted by atomic mass is 32.1. The van der Waals surface area contributed by atoms with Crippen molar-refractivity contribution in [3.05, 3.63) is 16.1 Å². The minimum Gasteiger partial charge on any atom is -0.385 e. The van der Waals surface area contributed by atoms with Gasteiger partial charge in [0.15, 0.2) is 0 Å². The Morgan fingerprint density at radius 3 is 2.92 bits per heavy atom. The van der Waals surface area contributed by atoms with Crippen LogP contribution in [0.25, 0.3) is 0 Å². The first-order valence-electron chi connectivity index (χ1n) is 9.15. The summed E-state index contributed by atoms with van der Waals surface area (Å²) in [6.45, 7) is 6.52. The second-order valence-electron chi connectivity index (χ2n) is 6.52. The Balaban J connectivity index is 1.67. The zero-order valence-corrected chi connectivity index (χ0v) is 15.9. The highest BCUT2D eigenvalue weighted by molar-refractivity contribution is 7.09. The maximum absolute atomic E-state index is 12.1. The smallest absolute Gasteiger partial charge is 0.223 e. The van der Waals surface area contributed by atoms with Crippen LogP contribution in [0.1, 0.15) is 49.7 Å². The second-order valence-corrected chi connectivity index (χ2v) is 7.47. The van der Waals surface area contributed by atoms with Crippen LogP contribution in [0.3, 0.4) is 0 Å². The molecule has 0 atom stereocenters. The average Bonchev–Trinajstić information content (AvgIpc) is 3.04. The highest BCUT2D eigenvalue weighted by Gasteiger charge is 2.25. The molecule has 1 aromatic rings. The number of unbranched alkanes of at least 4 members (excludes halogenated alkanes) is 1. The molecule has 0 aromatic carbocycles. The molecule has 1 fully saturated rings. The van der Waals surface area contributed by atoms with E-state index < -0.39 is 0 Å². The monoisotopic (exact) mass is 353 g/mol. The van der Waals surface area contributed by atoms with Gasteiger partial charge in [0.1, 0.15) is 0 Å². The molecule has 6 heteroatoms. The van der Waals surface area contributed by atoms with Crippen molar-refractivity contribution in [1.82, 2.24) is 15.2 Å². The van der Waals surface area contributed by atoms with Crippen LogP contribution in [0.2, 0.25) is 0 Å². The first-order chi connectivity index (χ1) is 11.7. The molecule has 1 saturated heterocycles. The molecule has 0 spiro atoms. The Labute approximate surface area is 149 Å². The van der Waals surface area contributed by atoms with Crippen molar-refractivity contribution in [2.24, 2.45) is 5.92 Å². The fourth-order valence-corrected chi connectivity index (χ4v) is 3.85. The van der Waals surface area contributed by atoms with Crippen molar-refractivity contribution in [3.63, 3.8) is 0 Å². The molecule has 0 radical (unpaired) electrons. The lowest BCUT2D eigenvalue weighted by Gasteiger charge is -2.30. The molecule has 0 aliphatic carbocycles. The zero-order valence-electron chi connectivity index (χ0n) is 15.1. The summed E-state index contributed by atoms with van der Waals surface area (Å²) < 4.78 is 5.00. The van der Waals surface area contributed by atoms with Crippen LogP contribution < -0.4 is 5.32 Å². The van der Waals surface area contributed by atoms with Gasteiger partial charge in [-0.05, 0) is 45.2 Å². The number of rotatable bonds is 10. The molecule has 0 saturated carbocycles. The number of aryl methyl sites for hydroxylation is 1. The molecule has 2 heterocycles. The number of nitrogens with zero attached hydrogens (tertiary/aromatic N) is 2. The van der Waals surface area contributed by atoms with Gasteiger partial charge in [-0.2, -0.15) is 0 Å². The van der Waals surface area contributed by atoms with Crippen molar-refractivity contribution in [3.8, 4) is 0 Å². The molecule has 1 aromatic heterocycles. The molecule has 24 heavy (non-hydrogen) atoms. The number of amides is 1. The van der Waals surface area contributed by atoms with Crippen LogP contribution in [-0.4, -0.2) is 49.1 Å². The number of carbonyl (C=O) groups is 1. The summed E-state index contributed by atoms with van der Waals surface area (Å²) in [5, 5.41) is 6.48. The summed E-state index contributed by atoms with van der Waals surface area (Å²) in [6.07, 6.45) is 6.32. The molecule has 2 rings (SSSR count). The van der Waals surface area contributed by atoms with E-state index in [-0.39, 0.29) is 11.8 Å². The van der Waals surface area contributed by atoms with Crippen molar-refractivity contribution in [2.75, 3.05) is 33.4 Å². The Morgan fingerprint density at radius 2 is 2.21 bits per heavy atom. The fraction of sp³-hybridized carbons (Fsp3) is 0.778. The first kappa shape index (κ1) is 19.3. The minimum atomic E-state index is 0.166. The van der Waals surface area contributed by atoms with E-state index in [1.165, 1.54) is 23.5 Å². The SMILES string of the molecule is CCCCc1nc(CN2CCC(C(=O)NCCCOC)CC2)cs1. The van der Waals surface area contributed by atoms with Gasteiger partial charge in [-0.1, -0.05) is 13.3 Å². The van der Waals surface area contributed by atoms with Crippen molar-refractivity contribution in [1.29, 1.82) is 0 Å². The molecule has 1 aliphatic heterocycles. The van der Waals surface area contributed by atoms with Crippen LogP contribution in [-0.2, 0) is 22.5 Å². The van der Waals surface area contributed by atoms with Crippen LogP contribution in [0.15, 0.2) is 5.38 Å². The van der Waals surface area contributed by atoms with Crippen molar-refractivity contribution >= 4 is 17.2 Å². The topological polar surface area (TPSA) is 54.5 Å². The van der Waals surface area contributed by atoms with Gasteiger partial charge in [0.2, 0.25) is 5.91 Å². The van der Waals surface area contributed by atoms with Gasteiger partial charge < -0.3 is 10.1 Å². The summed E-state index contributed by atoms with van der Waals surface area (Å²) in [6, 6.07) is 0. The molecule has 5 nitrogen and oxygen atoms in total. The Kier molecular flexibility index (Phi) is 8.70. The van der Waals surface area contributed by atoms with Gasteiger partial charge in [-0.3, -0.25) is 9.69 Å². The summed E-state index contributed by atoms with van der Waals surface area (Å²) in [7, 11) is 1.69. The molecule has 1 N–H and O–H groups in total. The molecule has 1 aliphatic rings. The molecular formula is C18H31N3O2S. The van der Waals surface area contributed by atoms with Gasteiger partial charge >= 0.3 is 0 Å². The molecular weight excluding hydrogens is 322 g/mol. The summed E-state index contributed by atoms with van der Waals surface area (Å²) in [5.41, 5.74) is 1.19. The Morgan fingerprint density at radius 1 is 1.42 bits per heavy atom. The quantitative estimate of drug-likeness (QED) is 0.657. The lowest BCUT2D eigenvalue weighted by Crippen LogP contribution is -2.40. The summed E-state index contributed by atoms with van der Waals surface area (Å²) in [4.78, 5) is 19.3. The van der Waals surface area contributed by atoms with E-state index in [1.807, 2.05) is 0 Å². The van der Waals surface area contributed by atoms with E-state index in [0.717, 1.165) is 45.3 Å².